The monoisotopic (exact) mass is 222 g/mol. The summed E-state index contributed by atoms with van der Waals surface area (Å²) in [6, 6.07) is 6.77. The van der Waals surface area contributed by atoms with E-state index in [-0.39, 0.29) is 6.10 Å². The molecule has 1 aromatic carbocycles. The molecular weight excluding hydrogens is 204 g/mol. The molecule has 1 atom stereocenters. The Morgan fingerprint density at radius 2 is 1.81 bits per heavy atom. The van der Waals surface area contributed by atoms with E-state index in [1.165, 1.54) is 0 Å². The molecule has 3 nitrogen and oxygen atoms in total. The fourth-order valence-electron chi connectivity index (χ4n) is 1.16. The summed E-state index contributed by atoms with van der Waals surface area (Å²) in [6.07, 6.45) is 0.208. The van der Waals surface area contributed by atoms with Crippen molar-refractivity contribution in [3.05, 3.63) is 35.4 Å². The van der Waals surface area contributed by atoms with Crippen LogP contribution in [0.3, 0.4) is 0 Å². The highest BCUT2D eigenvalue weighted by Crippen LogP contribution is 2.10. The van der Waals surface area contributed by atoms with E-state index in [1.807, 2.05) is 6.92 Å². The van der Waals surface area contributed by atoms with Gasteiger partial charge in [0.1, 0.15) is 0 Å². The largest absolute Gasteiger partial charge is 0.478 e. The van der Waals surface area contributed by atoms with E-state index in [9.17, 15) is 4.79 Å². The molecule has 0 bridgehead atoms. The minimum Gasteiger partial charge on any atom is -0.478 e. The molecule has 0 amide bonds. The average Bonchev–Trinajstić information content (AvgIpc) is 2.26. The Kier molecular flexibility index (Phi) is 4.50. The van der Waals surface area contributed by atoms with Gasteiger partial charge in [0.2, 0.25) is 0 Å². The quantitative estimate of drug-likeness (QED) is 0.833. The minimum atomic E-state index is -0.900. The lowest BCUT2D eigenvalue weighted by atomic mass is 10.1. The minimum absolute atomic E-state index is 0.208. The van der Waals surface area contributed by atoms with Crippen molar-refractivity contribution >= 4 is 5.97 Å². The van der Waals surface area contributed by atoms with Gasteiger partial charge in [0.05, 0.1) is 18.3 Å². The average molecular weight is 222 g/mol. The van der Waals surface area contributed by atoms with Crippen LogP contribution in [-0.2, 0) is 11.3 Å². The van der Waals surface area contributed by atoms with Crippen molar-refractivity contribution in [2.45, 2.75) is 33.5 Å². The Bertz CT molecular complexity index is 341. The molecule has 0 aliphatic heterocycles. The lowest BCUT2D eigenvalue weighted by molar-refractivity contribution is 0.0235. The third kappa shape index (κ3) is 3.66. The first-order valence-corrected chi connectivity index (χ1v) is 5.44. The number of hydrogen-bond acceptors (Lipinski definition) is 2. The van der Waals surface area contributed by atoms with Gasteiger partial charge in [-0.25, -0.2) is 4.79 Å². The maximum absolute atomic E-state index is 10.6. The predicted molar refractivity (Wildman–Crippen MR) is 62.5 cm³/mol. The molecule has 0 heterocycles. The molecule has 3 heteroatoms. The Hall–Kier alpha value is -1.35. The number of rotatable bonds is 5. The first-order chi connectivity index (χ1) is 7.50. The number of benzene rings is 1. The van der Waals surface area contributed by atoms with E-state index >= 15 is 0 Å². The van der Waals surface area contributed by atoms with Gasteiger partial charge in [0.15, 0.2) is 0 Å². The smallest absolute Gasteiger partial charge is 0.335 e. The van der Waals surface area contributed by atoms with Gasteiger partial charge in [-0.1, -0.05) is 26.0 Å². The first-order valence-electron chi connectivity index (χ1n) is 5.44. The van der Waals surface area contributed by atoms with Gasteiger partial charge >= 0.3 is 5.97 Å². The van der Waals surface area contributed by atoms with Crippen molar-refractivity contribution in [1.82, 2.24) is 0 Å². The van der Waals surface area contributed by atoms with Gasteiger partial charge in [-0.05, 0) is 30.5 Å². The van der Waals surface area contributed by atoms with Gasteiger partial charge in [-0.3, -0.25) is 0 Å². The maximum Gasteiger partial charge on any atom is 0.335 e. The number of aromatic carboxylic acids is 1. The summed E-state index contributed by atoms with van der Waals surface area (Å²) < 4.78 is 5.64. The topological polar surface area (TPSA) is 46.5 Å². The molecule has 1 rings (SSSR count). The SMILES string of the molecule is CC(C)C(C)OCc1ccc(C(=O)O)cc1. The van der Waals surface area contributed by atoms with Crippen LogP contribution in [0.15, 0.2) is 24.3 Å². The van der Waals surface area contributed by atoms with E-state index in [0.717, 1.165) is 5.56 Å². The fourth-order valence-corrected chi connectivity index (χ4v) is 1.16. The van der Waals surface area contributed by atoms with Crippen molar-refractivity contribution in [2.24, 2.45) is 5.92 Å². The van der Waals surface area contributed by atoms with Gasteiger partial charge in [-0.15, -0.1) is 0 Å². The fraction of sp³-hybridized carbons (Fsp3) is 0.462. The van der Waals surface area contributed by atoms with Crippen molar-refractivity contribution in [3.8, 4) is 0 Å². The summed E-state index contributed by atoms with van der Waals surface area (Å²) in [5.41, 5.74) is 1.30. The summed E-state index contributed by atoms with van der Waals surface area (Å²) in [5, 5.41) is 8.74. The zero-order chi connectivity index (χ0) is 12.1. The second kappa shape index (κ2) is 5.66. The van der Waals surface area contributed by atoms with Gasteiger partial charge in [0, 0.05) is 0 Å². The molecule has 0 saturated heterocycles. The molecule has 88 valence electrons. The molecular formula is C13H18O3. The third-order valence-corrected chi connectivity index (χ3v) is 2.65. The van der Waals surface area contributed by atoms with Crippen molar-refractivity contribution < 1.29 is 14.6 Å². The Morgan fingerprint density at radius 1 is 1.25 bits per heavy atom. The highest BCUT2D eigenvalue weighted by Gasteiger charge is 2.07. The van der Waals surface area contributed by atoms with Gasteiger partial charge in [0.25, 0.3) is 0 Å². The van der Waals surface area contributed by atoms with Crippen molar-refractivity contribution in [3.63, 3.8) is 0 Å². The number of hydrogen-bond donors (Lipinski definition) is 1. The summed E-state index contributed by atoms with van der Waals surface area (Å²) in [5.74, 6) is -0.415. The second-order valence-corrected chi connectivity index (χ2v) is 4.26. The molecule has 1 N–H and O–H groups in total. The first kappa shape index (κ1) is 12.7. The van der Waals surface area contributed by atoms with E-state index < -0.39 is 5.97 Å². The molecule has 0 aliphatic carbocycles. The van der Waals surface area contributed by atoms with Crippen LogP contribution in [0.1, 0.15) is 36.7 Å². The van der Waals surface area contributed by atoms with Crippen LogP contribution >= 0.6 is 0 Å². The highest BCUT2D eigenvalue weighted by molar-refractivity contribution is 5.87. The number of carboxylic acid groups (broad SMARTS) is 1. The molecule has 16 heavy (non-hydrogen) atoms. The summed E-state index contributed by atoms with van der Waals surface area (Å²) in [4.78, 5) is 10.6. The standard InChI is InChI=1S/C13H18O3/c1-9(2)10(3)16-8-11-4-6-12(7-5-11)13(14)15/h4-7,9-10H,8H2,1-3H3,(H,14,15). The van der Waals surface area contributed by atoms with Crippen LogP contribution in [0, 0.1) is 5.92 Å². The molecule has 0 fully saturated rings. The molecule has 0 aromatic heterocycles. The van der Waals surface area contributed by atoms with E-state index in [4.69, 9.17) is 9.84 Å². The van der Waals surface area contributed by atoms with Crippen molar-refractivity contribution in [2.75, 3.05) is 0 Å². The Labute approximate surface area is 96.1 Å². The Balaban J connectivity index is 2.53. The molecule has 0 saturated carbocycles. The second-order valence-electron chi connectivity index (χ2n) is 4.26. The van der Waals surface area contributed by atoms with Gasteiger partial charge < -0.3 is 9.84 Å². The normalized spacial score (nSPS) is 12.8. The Morgan fingerprint density at radius 3 is 2.25 bits per heavy atom. The van der Waals surface area contributed by atoms with Crippen LogP contribution in [0.2, 0.25) is 0 Å². The van der Waals surface area contributed by atoms with E-state index in [1.54, 1.807) is 24.3 Å². The zero-order valence-corrected chi connectivity index (χ0v) is 9.93. The lowest BCUT2D eigenvalue weighted by Gasteiger charge is -2.16. The summed E-state index contributed by atoms with van der Waals surface area (Å²) in [7, 11) is 0. The zero-order valence-electron chi connectivity index (χ0n) is 9.93. The lowest BCUT2D eigenvalue weighted by Crippen LogP contribution is -2.15. The molecule has 1 unspecified atom stereocenters. The highest BCUT2D eigenvalue weighted by atomic mass is 16.5. The molecule has 1 aromatic rings. The molecule has 0 aliphatic rings. The van der Waals surface area contributed by atoms with Gasteiger partial charge in [-0.2, -0.15) is 0 Å². The number of carbonyl (C=O) groups is 1. The van der Waals surface area contributed by atoms with Crippen LogP contribution in [-0.4, -0.2) is 17.2 Å². The number of ether oxygens (including phenoxy) is 1. The van der Waals surface area contributed by atoms with Crippen molar-refractivity contribution in [1.29, 1.82) is 0 Å². The summed E-state index contributed by atoms with van der Waals surface area (Å²) in [6.45, 7) is 6.78. The van der Waals surface area contributed by atoms with Crippen LogP contribution in [0.25, 0.3) is 0 Å². The molecule has 0 radical (unpaired) electrons. The van der Waals surface area contributed by atoms with Crippen LogP contribution < -0.4 is 0 Å². The third-order valence-electron chi connectivity index (χ3n) is 2.65. The molecule has 0 spiro atoms. The predicted octanol–water partition coefficient (Wildman–Crippen LogP) is 2.95. The van der Waals surface area contributed by atoms with Crippen LogP contribution in [0.4, 0.5) is 0 Å². The van der Waals surface area contributed by atoms with E-state index in [0.29, 0.717) is 18.1 Å². The number of carboxylic acids is 1. The van der Waals surface area contributed by atoms with Crippen LogP contribution in [0.5, 0.6) is 0 Å². The summed E-state index contributed by atoms with van der Waals surface area (Å²) >= 11 is 0. The maximum atomic E-state index is 10.6. The van der Waals surface area contributed by atoms with E-state index in [2.05, 4.69) is 13.8 Å².